The van der Waals surface area contributed by atoms with E-state index in [0.29, 0.717) is 17.8 Å². The van der Waals surface area contributed by atoms with E-state index >= 15 is 0 Å². The average molecular weight is 498 g/mol. The highest BCUT2D eigenvalue weighted by atomic mass is 19.2. The first-order valence-corrected chi connectivity index (χ1v) is 11.8. The Morgan fingerprint density at radius 3 is 2.28 bits per heavy atom. The molecule has 2 aromatic carbocycles. The van der Waals surface area contributed by atoms with E-state index in [2.05, 4.69) is 23.9 Å². The maximum atomic E-state index is 12.5. The van der Waals surface area contributed by atoms with Crippen molar-refractivity contribution in [2.45, 2.75) is 53.9 Å². The van der Waals surface area contributed by atoms with Crippen LogP contribution in [0.5, 0.6) is 11.5 Å². The zero-order valence-electron chi connectivity index (χ0n) is 21.6. The van der Waals surface area contributed by atoms with Crippen LogP contribution in [0.25, 0.3) is 16.9 Å². The third-order valence-corrected chi connectivity index (χ3v) is 5.08. The number of carbonyl (C=O) groups excluding carboxylic acids is 1. The number of ether oxygens (including phenoxy) is 1. The molecule has 192 valence electrons. The summed E-state index contributed by atoms with van der Waals surface area (Å²) >= 11 is 0. The van der Waals surface area contributed by atoms with Crippen molar-refractivity contribution in [3.8, 4) is 22.8 Å². The fourth-order valence-corrected chi connectivity index (χ4v) is 3.22. The van der Waals surface area contributed by atoms with E-state index in [1.165, 1.54) is 19.4 Å². The van der Waals surface area contributed by atoms with Gasteiger partial charge in [0.2, 0.25) is 5.82 Å². The van der Waals surface area contributed by atoms with Gasteiger partial charge in [0.1, 0.15) is 11.4 Å². The molecule has 6 nitrogen and oxygen atoms in total. The number of fused-ring (bicyclic) bond motifs is 1. The van der Waals surface area contributed by atoms with Crippen LogP contribution >= 0.6 is 0 Å². The fourth-order valence-electron chi connectivity index (χ4n) is 3.22. The zero-order chi connectivity index (χ0) is 26.8. The van der Waals surface area contributed by atoms with E-state index in [9.17, 15) is 13.6 Å². The van der Waals surface area contributed by atoms with E-state index in [-0.39, 0.29) is 11.3 Å². The van der Waals surface area contributed by atoms with Gasteiger partial charge >= 0.3 is 0 Å². The highest BCUT2D eigenvalue weighted by Gasteiger charge is 2.14. The van der Waals surface area contributed by atoms with Gasteiger partial charge in [0.05, 0.1) is 12.8 Å². The molecular formula is C28H33F2N3O3. The highest BCUT2D eigenvalue weighted by molar-refractivity contribution is 5.95. The number of benzene rings is 2. The minimum absolute atomic E-state index is 0.0467. The summed E-state index contributed by atoms with van der Waals surface area (Å²) in [5.41, 5.74) is 4.24. The van der Waals surface area contributed by atoms with Gasteiger partial charge in [0.25, 0.3) is 0 Å². The van der Waals surface area contributed by atoms with Gasteiger partial charge in [0, 0.05) is 24.2 Å². The molecule has 0 radical (unpaired) electrons. The van der Waals surface area contributed by atoms with Gasteiger partial charge in [-0.05, 0) is 49.6 Å². The molecule has 0 spiro atoms. The number of Topliss-reactive ketones (excluding diaryl/α,β-unsaturated/α-hetero) is 1. The first-order chi connectivity index (χ1) is 17.2. The predicted octanol–water partition coefficient (Wildman–Crippen LogP) is 7.09. The fraction of sp³-hybridized carbons (Fsp3) is 0.321. The van der Waals surface area contributed by atoms with E-state index in [4.69, 9.17) is 9.84 Å². The van der Waals surface area contributed by atoms with Gasteiger partial charge < -0.3 is 9.84 Å². The van der Waals surface area contributed by atoms with Gasteiger partial charge in [0.15, 0.2) is 23.0 Å². The third-order valence-electron chi connectivity index (χ3n) is 5.08. The van der Waals surface area contributed by atoms with Crippen LogP contribution in [0.2, 0.25) is 0 Å². The quantitative estimate of drug-likeness (QED) is 0.298. The largest absolute Gasteiger partial charge is 0.505 e. The lowest BCUT2D eigenvalue weighted by Crippen LogP contribution is -2.01. The molecule has 0 aliphatic rings. The molecule has 0 amide bonds. The molecule has 1 N–H and O–H groups in total. The lowest BCUT2D eigenvalue weighted by atomic mass is 10.1. The Balaban J connectivity index is 0.000000292. The van der Waals surface area contributed by atoms with Gasteiger partial charge in [-0.25, -0.2) is 13.9 Å². The predicted molar refractivity (Wildman–Crippen MR) is 138 cm³/mol. The highest BCUT2D eigenvalue weighted by Crippen LogP contribution is 2.27. The second kappa shape index (κ2) is 13.3. The first kappa shape index (κ1) is 28.4. The number of aromatic nitrogens is 3. The van der Waals surface area contributed by atoms with E-state index in [1.54, 1.807) is 23.9 Å². The van der Waals surface area contributed by atoms with Crippen LogP contribution in [0.1, 0.15) is 61.6 Å². The van der Waals surface area contributed by atoms with Crippen LogP contribution in [0.4, 0.5) is 8.78 Å². The normalized spacial score (nSPS) is 10.2. The molecule has 0 bridgehead atoms. The summed E-state index contributed by atoms with van der Waals surface area (Å²) in [7, 11) is 1.66. The molecule has 36 heavy (non-hydrogen) atoms. The van der Waals surface area contributed by atoms with Crippen molar-refractivity contribution in [1.29, 1.82) is 0 Å². The number of phenolic OH excluding ortho intramolecular Hbond substituents is 1. The third kappa shape index (κ3) is 6.87. The Hall–Kier alpha value is -3.81. The Morgan fingerprint density at radius 2 is 1.67 bits per heavy atom. The number of methoxy groups -OCH3 is 1. The summed E-state index contributed by atoms with van der Waals surface area (Å²) in [6, 6.07) is 12.1. The van der Waals surface area contributed by atoms with Crippen LogP contribution in [0.3, 0.4) is 0 Å². The van der Waals surface area contributed by atoms with Crippen molar-refractivity contribution in [3.05, 3.63) is 77.1 Å². The lowest BCUT2D eigenvalue weighted by Gasteiger charge is -2.09. The van der Waals surface area contributed by atoms with Crippen molar-refractivity contribution in [2.75, 3.05) is 7.11 Å². The maximum Gasteiger partial charge on any atom is 0.200 e. The number of hydrogen-bond acceptors (Lipinski definition) is 5. The molecule has 8 heteroatoms. The van der Waals surface area contributed by atoms with Gasteiger partial charge in [-0.2, -0.15) is 9.49 Å². The summed E-state index contributed by atoms with van der Waals surface area (Å²) in [5.74, 6) is -1.95. The molecule has 0 unspecified atom stereocenters. The summed E-state index contributed by atoms with van der Waals surface area (Å²) in [6.45, 7) is 9.66. The van der Waals surface area contributed by atoms with Crippen LogP contribution in [0.15, 0.2) is 48.7 Å². The van der Waals surface area contributed by atoms with E-state index in [1.807, 2.05) is 38.1 Å². The summed E-state index contributed by atoms with van der Waals surface area (Å²) in [4.78, 5) is 16.4. The number of halogens is 2. The summed E-state index contributed by atoms with van der Waals surface area (Å²) in [5, 5.41) is 13.1. The smallest absolute Gasteiger partial charge is 0.200 e. The van der Waals surface area contributed by atoms with Crippen molar-refractivity contribution in [1.82, 2.24) is 14.6 Å². The van der Waals surface area contributed by atoms with Crippen molar-refractivity contribution >= 4 is 11.4 Å². The molecule has 4 rings (SSSR count). The second-order valence-corrected chi connectivity index (χ2v) is 8.22. The molecule has 4 aromatic rings. The number of carbonyl (C=O) groups is 1. The second-order valence-electron chi connectivity index (χ2n) is 8.22. The molecule has 0 saturated carbocycles. The molecule has 0 fully saturated rings. The SMILES string of the molecule is CCC.CCCC(=O)c1cc2nccc(-c3ccc(C)c(OC)c3)n2n1.Cc1ccc(O)c(F)c1F. The standard InChI is InChI=1S/C18H19N3O2.C7H6F2O.C3H8/c1-4-5-16(22)14-11-18-19-9-8-15(21(18)20-14)13-7-6-12(2)17(10-13)23-3;1-4-2-3-5(10)7(9)6(4)8;1-3-2/h6-11H,4-5H2,1-3H3;2-3,10H,1H3;3H2,1-2H3. The average Bonchev–Trinajstić information content (AvgIpc) is 3.31. The molecule has 0 aliphatic carbocycles. The molecule has 0 saturated heterocycles. The summed E-state index contributed by atoms with van der Waals surface area (Å²) in [6.07, 6.45) is 4.28. The molecule has 0 aliphatic heterocycles. The lowest BCUT2D eigenvalue weighted by molar-refractivity contribution is 0.0976. The Kier molecular flexibility index (Phi) is 10.5. The number of aryl methyl sites for hydroxylation is 2. The summed E-state index contributed by atoms with van der Waals surface area (Å²) < 4.78 is 31.9. The van der Waals surface area contributed by atoms with Crippen molar-refractivity contribution < 1.29 is 23.4 Å². The van der Waals surface area contributed by atoms with E-state index < -0.39 is 17.4 Å². The monoisotopic (exact) mass is 497 g/mol. The molecular weight excluding hydrogens is 464 g/mol. The number of nitrogens with zero attached hydrogens (tertiary/aromatic N) is 3. The van der Waals surface area contributed by atoms with Crippen molar-refractivity contribution in [2.24, 2.45) is 0 Å². The Bertz CT molecular complexity index is 1290. The zero-order valence-corrected chi connectivity index (χ0v) is 21.6. The van der Waals surface area contributed by atoms with Crippen molar-refractivity contribution in [3.63, 3.8) is 0 Å². The van der Waals surface area contributed by atoms with E-state index in [0.717, 1.165) is 35.1 Å². The van der Waals surface area contributed by atoms with Crippen LogP contribution in [-0.4, -0.2) is 32.6 Å². The number of phenols is 1. The van der Waals surface area contributed by atoms with Gasteiger partial charge in [-0.1, -0.05) is 45.4 Å². The molecule has 2 aromatic heterocycles. The molecule has 0 atom stereocenters. The minimum Gasteiger partial charge on any atom is -0.505 e. The Labute approximate surface area is 210 Å². The number of hydrogen-bond donors (Lipinski definition) is 1. The topological polar surface area (TPSA) is 76.7 Å². The van der Waals surface area contributed by atoms with Gasteiger partial charge in [-0.15, -0.1) is 0 Å². The van der Waals surface area contributed by atoms with Crippen LogP contribution in [0, 0.1) is 25.5 Å². The maximum absolute atomic E-state index is 12.5. The van der Waals surface area contributed by atoms with Crippen LogP contribution < -0.4 is 4.74 Å². The number of rotatable bonds is 5. The number of ketones is 1. The first-order valence-electron chi connectivity index (χ1n) is 11.8. The van der Waals surface area contributed by atoms with Crippen LogP contribution in [-0.2, 0) is 0 Å². The van der Waals surface area contributed by atoms with Gasteiger partial charge in [-0.3, -0.25) is 4.79 Å². The Morgan fingerprint density at radius 1 is 1.00 bits per heavy atom. The molecule has 2 heterocycles. The number of aromatic hydroxyl groups is 1. The minimum atomic E-state index is -1.18.